The van der Waals surface area contributed by atoms with Crippen LogP contribution in [0.5, 0.6) is 0 Å². The van der Waals surface area contributed by atoms with Gasteiger partial charge in [0.2, 0.25) is 5.91 Å². The molecule has 0 spiro atoms. The van der Waals surface area contributed by atoms with Gasteiger partial charge in [-0.05, 0) is 44.7 Å². The molecule has 1 N–H and O–H groups in total. The molecule has 0 fully saturated rings. The molecule has 3 rings (SSSR count). The van der Waals surface area contributed by atoms with Crippen molar-refractivity contribution >= 4 is 17.6 Å². The van der Waals surface area contributed by atoms with Crippen molar-refractivity contribution in [2.24, 2.45) is 11.8 Å². The number of carbonyl (C=O) groups is 2. The number of carboxylic acid groups (broad SMARTS) is 1. The lowest BCUT2D eigenvalue weighted by Gasteiger charge is -2.32. The minimum atomic E-state index is -0.863. The minimum Gasteiger partial charge on any atom is -0.481 e. The van der Waals surface area contributed by atoms with E-state index in [1.807, 2.05) is 38.1 Å². The molecule has 22 heavy (non-hydrogen) atoms. The van der Waals surface area contributed by atoms with Crippen LogP contribution in [0.25, 0.3) is 0 Å². The van der Waals surface area contributed by atoms with Crippen LogP contribution >= 0.6 is 0 Å². The van der Waals surface area contributed by atoms with E-state index in [1.54, 1.807) is 4.90 Å². The molecule has 1 aliphatic carbocycles. The maximum absolute atomic E-state index is 13.0. The van der Waals surface area contributed by atoms with E-state index in [-0.39, 0.29) is 5.91 Å². The largest absolute Gasteiger partial charge is 0.481 e. The van der Waals surface area contributed by atoms with Gasteiger partial charge in [0.05, 0.1) is 11.8 Å². The summed E-state index contributed by atoms with van der Waals surface area (Å²) in [6.07, 6.45) is 1.88. The maximum Gasteiger partial charge on any atom is 0.307 e. The number of aliphatic carboxylic acids is 1. The van der Waals surface area contributed by atoms with E-state index in [0.29, 0.717) is 19.4 Å². The highest BCUT2D eigenvalue weighted by Crippen LogP contribution is 2.38. The van der Waals surface area contributed by atoms with Crippen LogP contribution in [-0.4, -0.2) is 23.5 Å². The Hall–Kier alpha value is -2.10. The van der Waals surface area contributed by atoms with Gasteiger partial charge in [-0.25, -0.2) is 0 Å². The lowest BCUT2D eigenvalue weighted by atomic mass is 9.76. The molecule has 4 nitrogen and oxygen atoms in total. The quantitative estimate of drug-likeness (QED) is 0.854. The molecule has 0 saturated heterocycles. The van der Waals surface area contributed by atoms with E-state index in [4.69, 9.17) is 0 Å². The van der Waals surface area contributed by atoms with Crippen LogP contribution < -0.4 is 4.90 Å². The fourth-order valence-corrected chi connectivity index (χ4v) is 3.58. The van der Waals surface area contributed by atoms with Crippen LogP contribution in [0.3, 0.4) is 0 Å². The average molecular weight is 299 g/mol. The van der Waals surface area contributed by atoms with Crippen LogP contribution in [0.4, 0.5) is 5.69 Å². The van der Waals surface area contributed by atoms with Crippen LogP contribution in [0.2, 0.25) is 0 Å². The number of carbonyl (C=O) groups excluding carboxylic acids is 1. The molecular weight excluding hydrogens is 278 g/mol. The summed E-state index contributed by atoms with van der Waals surface area (Å²) in [7, 11) is 0. The molecule has 2 aliphatic rings. The van der Waals surface area contributed by atoms with Crippen molar-refractivity contribution < 1.29 is 14.7 Å². The van der Waals surface area contributed by atoms with Gasteiger partial charge >= 0.3 is 5.97 Å². The smallest absolute Gasteiger partial charge is 0.307 e. The third kappa shape index (κ3) is 2.43. The normalized spacial score (nSPS) is 24.4. The first-order chi connectivity index (χ1) is 10.5. The van der Waals surface area contributed by atoms with Gasteiger partial charge in [-0.1, -0.05) is 29.3 Å². The highest BCUT2D eigenvalue weighted by molar-refractivity contribution is 5.99. The Morgan fingerprint density at radius 2 is 1.73 bits per heavy atom. The number of allylic oxidation sites excluding steroid dienone is 2. The maximum atomic E-state index is 13.0. The average Bonchev–Trinajstić information content (AvgIpc) is 2.92. The Kier molecular flexibility index (Phi) is 3.77. The molecule has 4 heteroatoms. The van der Waals surface area contributed by atoms with E-state index in [2.05, 4.69) is 0 Å². The zero-order valence-corrected chi connectivity index (χ0v) is 13.0. The summed E-state index contributed by atoms with van der Waals surface area (Å²) in [6, 6.07) is 7.89. The van der Waals surface area contributed by atoms with Gasteiger partial charge in [-0.15, -0.1) is 0 Å². The van der Waals surface area contributed by atoms with Crippen molar-refractivity contribution in [1.82, 2.24) is 0 Å². The van der Waals surface area contributed by atoms with Crippen LogP contribution in [-0.2, 0) is 16.0 Å². The van der Waals surface area contributed by atoms with Crippen molar-refractivity contribution in [3.05, 3.63) is 41.0 Å². The second kappa shape index (κ2) is 5.59. The monoisotopic (exact) mass is 299 g/mol. The van der Waals surface area contributed by atoms with Crippen LogP contribution in [0, 0.1) is 11.8 Å². The van der Waals surface area contributed by atoms with Gasteiger partial charge in [0.15, 0.2) is 0 Å². The number of anilines is 1. The molecule has 0 aromatic heterocycles. The van der Waals surface area contributed by atoms with Gasteiger partial charge in [-0.3, -0.25) is 9.59 Å². The highest BCUT2D eigenvalue weighted by Gasteiger charge is 2.40. The predicted molar refractivity (Wildman–Crippen MR) is 84.7 cm³/mol. The molecule has 1 aromatic carbocycles. The number of fused-ring (bicyclic) bond motifs is 1. The Morgan fingerprint density at radius 3 is 2.41 bits per heavy atom. The van der Waals surface area contributed by atoms with E-state index in [9.17, 15) is 14.7 Å². The highest BCUT2D eigenvalue weighted by atomic mass is 16.4. The zero-order valence-electron chi connectivity index (χ0n) is 13.0. The zero-order chi connectivity index (χ0) is 15.9. The first-order valence-electron chi connectivity index (χ1n) is 7.76. The van der Waals surface area contributed by atoms with Crippen molar-refractivity contribution in [3.63, 3.8) is 0 Å². The molecule has 2 atom stereocenters. The Morgan fingerprint density at radius 1 is 1.09 bits per heavy atom. The van der Waals surface area contributed by atoms with E-state index >= 15 is 0 Å². The van der Waals surface area contributed by atoms with Gasteiger partial charge < -0.3 is 10.0 Å². The fourth-order valence-electron chi connectivity index (χ4n) is 3.58. The van der Waals surface area contributed by atoms with Crippen LogP contribution in [0.1, 0.15) is 32.3 Å². The summed E-state index contributed by atoms with van der Waals surface area (Å²) in [5, 5.41) is 9.51. The molecule has 0 unspecified atom stereocenters. The molecular formula is C18H21NO3. The molecule has 116 valence electrons. The first-order valence-corrected chi connectivity index (χ1v) is 7.76. The lowest BCUT2D eigenvalue weighted by Crippen LogP contribution is -2.42. The molecule has 0 bridgehead atoms. The lowest BCUT2D eigenvalue weighted by molar-refractivity contribution is -0.147. The third-order valence-electron chi connectivity index (χ3n) is 5.05. The number of carboxylic acids is 1. The summed E-state index contributed by atoms with van der Waals surface area (Å²) in [4.78, 5) is 26.3. The van der Waals surface area contributed by atoms with Gasteiger partial charge in [0.25, 0.3) is 0 Å². The minimum absolute atomic E-state index is 0.0378. The number of benzene rings is 1. The molecule has 0 saturated carbocycles. The van der Waals surface area contributed by atoms with E-state index in [1.165, 1.54) is 5.56 Å². The number of nitrogens with zero attached hydrogens (tertiary/aromatic N) is 1. The topological polar surface area (TPSA) is 57.6 Å². The summed E-state index contributed by atoms with van der Waals surface area (Å²) in [6.45, 7) is 4.63. The van der Waals surface area contributed by atoms with Crippen molar-refractivity contribution in [1.29, 1.82) is 0 Å². The fraction of sp³-hybridized carbons (Fsp3) is 0.444. The molecule has 1 aromatic rings. The second-order valence-corrected chi connectivity index (χ2v) is 6.39. The van der Waals surface area contributed by atoms with Crippen molar-refractivity contribution in [3.8, 4) is 0 Å². The summed E-state index contributed by atoms with van der Waals surface area (Å²) in [5.41, 5.74) is 4.38. The van der Waals surface area contributed by atoms with Crippen molar-refractivity contribution in [2.45, 2.75) is 33.1 Å². The molecule has 1 heterocycles. The van der Waals surface area contributed by atoms with E-state index < -0.39 is 17.8 Å². The standard InChI is InChI=1S/C18H21NO3/c1-11-9-14(15(18(21)22)10-12(11)2)17(20)19-8-7-13-5-3-4-6-16(13)19/h3-6,14-15H,7-10H2,1-2H3,(H,21,22)/t14-,15-/m0/s1. The van der Waals surface area contributed by atoms with Gasteiger partial charge in [0.1, 0.15) is 0 Å². The Bertz CT molecular complexity index is 662. The number of hydrogen-bond acceptors (Lipinski definition) is 2. The Labute approximate surface area is 130 Å². The number of amides is 1. The molecule has 1 amide bonds. The predicted octanol–water partition coefficient (Wildman–Crippen LogP) is 3.02. The summed E-state index contributed by atoms with van der Waals surface area (Å²) in [5.74, 6) is -1.96. The summed E-state index contributed by atoms with van der Waals surface area (Å²) >= 11 is 0. The second-order valence-electron chi connectivity index (χ2n) is 6.39. The molecule has 1 aliphatic heterocycles. The number of para-hydroxylation sites is 1. The van der Waals surface area contributed by atoms with Crippen LogP contribution in [0.15, 0.2) is 35.4 Å². The number of rotatable bonds is 2. The van der Waals surface area contributed by atoms with Gasteiger partial charge in [0, 0.05) is 12.2 Å². The van der Waals surface area contributed by atoms with Gasteiger partial charge in [-0.2, -0.15) is 0 Å². The van der Waals surface area contributed by atoms with Crippen molar-refractivity contribution in [2.75, 3.05) is 11.4 Å². The SMILES string of the molecule is CC1=C(C)C[C@H](C(=O)N2CCc3ccccc32)[C@@H](C(=O)O)C1. The third-order valence-corrected chi connectivity index (χ3v) is 5.05. The number of hydrogen-bond donors (Lipinski definition) is 1. The summed E-state index contributed by atoms with van der Waals surface area (Å²) < 4.78 is 0. The molecule has 0 radical (unpaired) electrons. The Balaban J connectivity index is 1.90. The van der Waals surface area contributed by atoms with E-state index in [0.717, 1.165) is 23.3 Å². The first kappa shape index (κ1) is 14.8.